The van der Waals surface area contributed by atoms with Gasteiger partial charge >= 0.3 is 0 Å². The lowest BCUT2D eigenvalue weighted by molar-refractivity contribution is 0.0999. The Balaban J connectivity index is 1.53. The Labute approximate surface area is 141 Å². The van der Waals surface area contributed by atoms with Crippen LogP contribution in [0.3, 0.4) is 0 Å². The molecule has 0 amide bonds. The summed E-state index contributed by atoms with van der Waals surface area (Å²) in [5, 5.41) is 0.454. The van der Waals surface area contributed by atoms with Crippen molar-refractivity contribution in [1.82, 2.24) is 14.1 Å². The average molecular weight is 362 g/mol. The van der Waals surface area contributed by atoms with Gasteiger partial charge in [0.25, 0.3) is 0 Å². The zero-order chi connectivity index (χ0) is 16.4. The summed E-state index contributed by atoms with van der Waals surface area (Å²) in [6.07, 6.45) is 0.716. The molecular weight excluding hydrogens is 341 g/mol. The summed E-state index contributed by atoms with van der Waals surface area (Å²) in [6.45, 7) is 4.68. The number of hydrogen-bond donors (Lipinski definition) is 0. The lowest BCUT2D eigenvalue weighted by Gasteiger charge is -2.36. The first-order valence-electron chi connectivity index (χ1n) is 7.81. The highest BCUT2D eigenvalue weighted by Crippen LogP contribution is 2.21. The highest BCUT2D eigenvalue weighted by atomic mass is 35.5. The molecule has 0 unspecified atom stereocenters. The van der Waals surface area contributed by atoms with Crippen molar-refractivity contribution in [3.8, 4) is 0 Å². The number of sulfonamides is 1. The lowest BCUT2D eigenvalue weighted by Crippen LogP contribution is -2.50. The van der Waals surface area contributed by atoms with Crippen LogP contribution < -0.4 is 0 Å². The third kappa shape index (κ3) is 4.03. The molecule has 0 atom stereocenters. The molecule has 0 aliphatic carbocycles. The molecule has 2 aliphatic heterocycles. The molecule has 0 N–H and O–H groups in total. The predicted octanol–water partition coefficient (Wildman–Crippen LogP) is 1.59. The van der Waals surface area contributed by atoms with Crippen molar-refractivity contribution in [2.75, 3.05) is 45.1 Å². The second kappa shape index (κ2) is 7.03. The number of nitrogens with zero attached hydrogens (tertiary/aromatic N) is 3. The monoisotopic (exact) mass is 361 g/mol. The van der Waals surface area contributed by atoms with E-state index >= 15 is 0 Å². The molecule has 1 aromatic carbocycles. The molecule has 2 saturated heterocycles. The van der Waals surface area contributed by atoms with Crippen molar-refractivity contribution in [2.45, 2.75) is 13.0 Å². The van der Waals surface area contributed by atoms with E-state index in [9.17, 15) is 12.8 Å². The lowest BCUT2D eigenvalue weighted by atomic mass is 10.2. The zero-order valence-electron chi connectivity index (χ0n) is 12.9. The van der Waals surface area contributed by atoms with Crippen molar-refractivity contribution in [3.63, 3.8) is 0 Å². The van der Waals surface area contributed by atoms with Crippen LogP contribution in [0.15, 0.2) is 18.2 Å². The largest absolute Gasteiger partial charge is 0.296 e. The van der Waals surface area contributed by atoms with Crippen molar-refractivity contribution in [1.29, 1.82) is 0 Å². The van der Waals surface area contributed by atoms with E-state index in [-0.39, 0.29) is 11.6 Å². The van der Waals surface area contributed by atoms with Crippen LogP contribution in [0.2, 0.25) is 5.02 Å². The smallest absolute Gasteiger partial charge is 0.215 e. The van der Waals surface area contributed by atoms with Gasteiger partial charge < -0.3 is 0 Å². The molecule has 1 aromatic rings. The van der Waals surface area contributed by atoms with Gasteiger partial charge in [-0.15, -0.1) is 0 Å². The molecule has 2 heterocycles. The minimum Gasteiger partial charge on any atom is -0.296 e. The van der Waals surface area contributed by atoms with Crippen LogP contribution in [0.4, 0.5) is 4.39 Å². The predicted molar refractivity (Wildman–Crippen MR) is 88.2 cm³/mol. The van der Waals surface area contributed by atoms with Crippen LogP contribution in [0.5, 0.6) is 0 Å². The second-order valence-corrected chi connectivity index (χ2v) is 8.58. The Morgan fingerprint density at radius 2 is 1.78 bits per heavy atom. The summed E-state index contributed by atoms with van der Waals surface area (Å²) in [4.78, 5) is 4.29. The van der Waals surface area contributed by atoms with E-state index in [4.69, 9.17) is 11.6 Å². The van der Waals surface area contributed by atoms with Crippen LogP contribution in [0.1, 0.15) is 12.0 Å². The quantitative estimate of drug-likeness (QED) is 0.817. The molecular formula is C15H21ClFN3O2S. The topological polar surface area (TPSA) is 43.9 Å². The van der Waals surface area contributed by atoms with Gasteiger partial charge in [0.05, 0.1) is 12.4 Å². The van der Waals surface area contributed by atoms with Gasteiger partial charge in [0.2, 0.25) is 10.0 Å². The molecule has 23 heavy (non-hydrogen) atoms. The fourth-order valence-electron chi connectivity index (χ4n) is 3.07. The van der Waals surface area contributed by atoms with Crippen LogP contribution >= 0.6 is 11.6 Å². The van der Waals surface area contributed by atoms with Crippen molar-refractivity contribution >= 4 is 21.6 Å². The zero-order valence-corrected chi connectivity index (χ0v) is 14.5. The molecule has 0 aromatic heterocycles. The first-order chi connectivity index (χ1) is 11.0. The number of halogens is 2. The summed E-state index contributed by atoms with van der Waals surface area (Å²) in [5.41, 5.74) is 0.532. The highest BCUT2D eigenvalue weighted by molar-refractivity contribution is 7.89. The molecule has 0 radical (unpaired) electrons. The minimum absolute atomic E-state index is 0.263. The maximum atomic E-state index is 13.8. The number of hydrogen-bond acceptors (Lipinski definition) is 4. The van der Waals surface area contributed by atoms with E-state index in [2.05, 4.69) is 9.80 Å². The maximum absolute atomic E-state index is 13.8. The molecule has 2 fully saturated rings. The van der Waals surface area contributed by atoms with Crippen molar-refractivity contribution in [3.05, 3.63) is 34.6 Å². The van der Waals surface area contributed by atoms with Gasteiger partial charge in [0.15, 0.2) is 0 Å². The molecule has 0 saturated carbocycles. The van der Waals surface area contributed by atoms with Gasteiger partial charge in [0, 0.05) is 49.9 Å². The van der Waals surface area contributed by atoms with E-state index in [1.807, 2.05) is 0 Å². The molecule has 128 valence electrons. The first kappa shape index (κ1) is 17.1. The van der Waals surface area contributed by atoms with Gasteiger partial charge in [-0.3, -0.25) is 9.80 Å². The molecule has 3 rings (SSSR count). The van der Waals surface area contributed by atoms with E-state index in [1.54, 1.807) is 16.4 Å². The number of benzene rings is 1. The van der Waals surface area contributed by atoms with Crippen molar-refractivity contribution < 1.29 is 12.8 Å². The SMILES string of the molecule is O=S1(=O)CCCN1CN1CCN(Cc2c(F)cccc2Cl)CC1. The Bertz CT molecular complexity index is 642. The van der Waals surface area contributed by atoms with E-state index < -0.39 is 10.0 Å². The molecule has 5 nitrogen and oxygen atoms in total. The Morgan fingerprint density at radius 3 is 2.39 bits per heavy atom. The van der Waals surface area contributed by atoms with E-state index in [0.717, 1.165) is 26.2 Å². The van der Waals surface area contributed by atoms with Crippen LogP contribution in [0, 0.1) is 5.82 Å². The van der Waals surface area contributed by atoms with Crippen molar-refractivity contribution in [2.24, 2.45) is 0 Å². The normalized spacial score (nSPS) is 23.4. The third-order valence-corrected chi connectivity index (χ3v) is 6.71. The van der Waals surface area contributed by atoms with E-state index in [1.165, 1.54) is 6.07 Å². The summed E-state index contributed by atoms with van der Waals surface area (Å²) < 4.78 is 39.1. The maximum Gasteiger partial charge on any atom is 0.215 e. The van der Waals surface area contributed by atoms with Crippen LogP contribution in [0.25, 0.3) is 0 Å². The Kier molecular flexibility index (Phi) is 5.22. The molecule has 2 aliphatic rings. The Hall–Kier alpha value is -0.730. The molecule has 0 bridgehead atoms. The molecule has 8 heteroatoms. The average Bonchev–Trinajstić information content (AvgIpc) is 2.84. The van der Waals surface area contributed by atoms with Gasteiger partial charge in [-0.2, -0.15) is 4.31 Å². The van der Waals surface area contributed by atoms with Gasteiger partial charge in [0.1, 0.15) is 5.82 Å². The molecule has 0 spiro atoms. The minimum atomic E-state index is -3.05. The first-order valence-corrected chi connectivity index (χ1v) is 9.80. The summed E-state index contributed by atoms with van der Waals surface area (Å²) in [5.74, 6) is -0.0123. The summed E-state index contributed by atoms with van der Waals surface area (Å²) >= 11 is 6.07. The Morgan fingerprint density at radius 1 is 1.09 bits per heavy atom. The number of rotatable bonds is 4. The number of piperazine rings is 1. The highest BCUT2D eigenvalue weighted by Gasteiger charge is 2.30. The van der Waals surface area contributed by atoms with E-state index in [0.29, 0.717) is 36.8 Å². The van der Waals surface area contributed by atoms with Gasteiger partial charge in [-0.05, 0) is 18.6 Å². The second-order valence-electron chi connectivity index (χ2n) is 6.08. The fourth-order valence-corrected chi connectivity index (χ4v) is 4.79. The van der Waals surface area contributed by atoms with Gasteiger partial charge in [-0.25, -0.2) is 12.8 Å². The standard InChI is InChI=1S/C15H21ClFN3O2S/c16-14-3-1-4-15(17)13(14)11-18-6-8-19(9-7-18)12-20-5-2-10-23(20,21)22/h1,3-4H,2,5-12H2. The van der Waals surface area contributed by atoms with Crippen LogP contribution in [-0.2, 0) is 16.6 Å². The summed E-state index contributed by atoms with van der Waals surface area (Å²) in [6, 6.07) is 4.74. The van der Waals surface area contributed by atoms with Gasteiger partial charge in [-0.1, -0.05) is 17.7 Å². The van der Waals surface area contributed by atoms with Crippen LogP contribution in [-0.4, -0.2) is 67.7 Å². The third-order valence-electron chi connectivity index (χ3n) is 4.47. The summed E-state index contributed by atoms with van der Waals surface area (Å²) in [7, 11) is -3.05. The fraction of sp³-hybridized carbons (Fsp3) is 0.600.